The molecule has 1 aromatic carbocycles. The average Bonchev–Trinajstić information content (AvgIpc) is 3.02. The molecule has 2 aliphatic carbocycles. The molecule has 2 aromatic rings. The van der Waals surface area contributed by atoms with Crippen LogP contribution < -0.4 is 10.2 Å². The Kier molecular flexibility index (Phi) is 5.33. The fraction of sp³-hybridized carbons (Fsp3) is 0.346. The molecule has 5 nitrogen and oxygen atoms in total. The minimum absolute atomic E-state index is 0.0284. The van der Waals surface area contributed by atoms with Gasteiger partial charge < -0.3 is 5.32 Å². The Morgan fingerprint density at radius 3 is 2.68 bits per heavy atom. The van der Waals surface area contributed by atoms with Gasteiger partial charge in [0.05, 0.1) is 23.1 Å². The van der Waals surface area contributed by atoms with Gasteiger partial charge in [-0.2, -0.15) is 5.26 Å². The van der Waals surface area contributed by atoms with Crippen LogP contribution in [0.4, 0.5) is 5.00 Å². The van der Waals surface area contributed by atoms with Gasteiger partial charge in [0.15, 0.2) is 5.78 Å². The molecule has 0 saturated heterocycles. The molecule has 0 radical (unpaired) electrons. The topological polar surface area (TPSA) is 73.2 Å². The van der Waals surface area contributed by atoms with Gasteiger partial charge >= 0.3 is 0 Å². The van der Waals surface area contributed by atoms with Crippen LogP contribution in [0, 0.1) is 11.3 Å². The summed E-state index contributed by atoms with van der Waals surface area (Å²) in [6, 6.07) is 7.45. The number of Topliss-reactive ketones (excluding diaryl/α,β-unsaturated/α-hetero) is 1. The number of anilines is 1. The van der Waals surface area contributed by atoms with Crippen LogP contribution in [-0.2, 0) is 17.6 Å². The van der Waals surface area contributed by atoms with E-state index >= 15 is 0 Å². The van der Waals surface area contributed by atoms with Gasteiger partial charge in [-0.15, -0.1) is 11.3 Å². The van der Waals surface area contributed by atoms with E-state index in [-0.39, 0.29) is 11.7 Å². The van der Waals surface area contributed by atoms with E-state index in [4.69, 9.17) is 23.2 Å². The Morgan fingerprint density at radius 2 is 1.88 bits per heavy atom. The number of aryl methyl sites for hydroxylation is 1. The van der Waals surface area contributed by atoms with Gasteiger partial charge in [0, 0.05) is 32.6 Å². The maximum Gasteiger partial charge on any atom is 0.260 e. The first-order valence-electron chi connectivity index (χ1n) is 11.6. The van der Waals surface area contributed by atoms with Gasteiger partial charge in [0.1, 0.15) is 10.8 Å². The summed E-state index contributed by atoms with van der Waals surface area (Å²) in [6.07, 6.45) is 7.07. The van der Waals surface area contributed by atoms with Crippen LogP contribution in [-0.4, -0.2) is 11.7 Å². The van der Waals surface area contributed by atoms with E-state index in [0.29, 0.717) is 45.4 Å². The molecule has 1 unspecified atom stereocenters. The van der Waals surface area contributed by atoms with E-state index in [1.165, 1.54) is 11.3 Å². The van der Waals surface area contributed by atoms with E-state index in [1.807, 2.05) is 4.90 Å². The van der Waals surface area contributed by atoms with E-state index in [2.05, 4.69) is 11.4 Å². The van der Waals surface area contributed by atoms with Crippen LogP contribution in [0.3, 0.4) is 0 Å². The lowest BCUT2D eigenvalue weighted by Gasteiger charge is -2.42. The first kappa shape index (κ1) is 21.9. The molecule has 0 fully saturated rings. The lowest BCUT2D eigenvalue weighted by molar-refractivity contribution is -0.116. The van der Waals surface area contributed by atoms with Crippen molar-refractivity contribution in [2.75, 3.05) is 4.90 Å². The van der Waals surface area contributed by atoms with Gasteiger partial charge in [-0.1, -0.05) is 35.7 Å². The highest BCUT2D eigenvalue weighted by molar-refractivity contribution is 7.17. The lowest BCUT2D eigenvalue weighted by Crippen LogP contribution is -2.46. The van der Waals surface area contributed by atoms with Crippen molar-refractivity contribution >= 4 is 51.2 Å². The second kappa shape index (κ2) is 8.27. The number of ketones is 1. The Morgan fingerprint density at radius 1 is 1.06 bits per heavy atom. The molecular weight excluding hydrogens is 489 g/mol. The van der Waals surface area contributed by atoms with E-state index in [0.717, 1.165) is 53.9 Å². The summed E-state index contributed by atoms with van der Waals surface area (Å²) in [7, 11) is 0. The zero-order valence-corrected chi connectivity index (χ0v) is 20.7. The summed E-state index contributed by atoms with van der Waals surface area (Å²) in [6.45, 7) is 0. The lowest BCUT2D eigenvalue weighted by atomic mass is 9.75. The van der Waals surface area contributed by atoms with Crippen LogP contribution in [0.5, 0.6) is 0 Å². The van der Waals surface area contributed by atoms with E-state index < -0.39 is 5.92 Å². The third-order valence-electron chi connectivity index (χ3n) is 7.21. The highest BCUT2D eigenvalue weighted by Crippen LogP contribution is 2.52. The zero-order chi connectivity index (χ0) is 23.6. The largest absolute Gasteiger partial charge is 0.307 e. The van der Waals surface area contributed by atoms with Crippen molar-refractivity contribution in [3.63, 3.8) is 0 Å². The number of nitriles is 1. The average molecular weight is 510 g/mol. The fourth-order valence-corrected chi connectivity index (χ4v) is 7.68. The highest BCUT2D eigenvalue weighted by atomic mass is 35.5. The number of nitrogens with zero attached hydrogens (tertiary/aromatic N) is 2. The number of rotatable bonds is 1. The molecule has 1 atom stereocenters. The first-order chi connectivity index (χ1) is 16.5. The molecule has 0 spiro atoms. The maximum absolute atomic E-state index is 13.4. The van der Waals surface area contributed by atoms with Gasteiger partial charge in [-0.25, -0.2) is 0 Å². The molecule has 4 aliphatic rings. The Bertz CT molecular complexity index is 1380. The number of nitrogens with one attached hydrogen (secondary N) is 1. The maximum atomic E-state index is 13.4. The number of thiophene rings is 1. The molecule has 1 N–H and O–H groups in total. The third-order valence-corrected chi connectivity index (χ3v) is 9.05. The van der Waals surface area contributed by atoms with Crippen molar-refractivity contribution < 1.29 is 9.59 Å². The van der Waals surface area contributed by atoms with Gasteiger partial charge in [0.25, 0.3) is 5.91 Å². The molecule has 6 rings (SSSR count). The quantitative estimate of drug-likeness (QED) is 0.450. The number of allylic oxidation sites excluding steroid dienone is 3. The minimum atomic E-state index is -0.636. The zero-order valence-electron chi connectivity index (χ0n) is 18.3. The second-order valence-electron chi connectivity index (χ2n) is 9.14. The van der Waals surface area contributed by atoms with Crippen LogP contribution in [0.25, 0.3) is 0 Å². The van der Waals surface area contributed by atoms with E-state index in [1.54, 1.807) is 29.5 Å². The monoisotopic (exact) mass is 509 g/mol. The Balaban J connectivity index is 1.62. The molecule has 3 heterocycles. The summed E-state index contributed by atoms with van der Waals surface area (Å²) in [4.78, 5) is 30.1. The van der Waals surface area contributed by atoms with Crippen molar-refractivity contribution in [3.8, 4) is 6.07 Å². The summed E-state index contributed by atoms with van der Waals surface area (Å²) in [5, 5.41) is 15.1. The predicted molar refractivity (Wildman–Crippen MR) is 133 cm³/mol. The molecule has 8 heteroatoms. The van der Waals surface area contributed by atoms with Gasteiger partial charge in [-0.05, 0) is 61.8 Å². The summed E-state index contributed by atoms with van der Waals surface area (Å²) < 4.78 is 0. The molecule has 34 heavy (non-hydrogen) atoms. The van der Waals surface area contributed by atoms with Crippen LogP contribution >= 0.6 is 34.5 Å². The molecule has 1 aromatic heterocycles. The van der Waals surface area contributed by atoms with Crippen molar-refractivity contribution in [2.45, 2.75) is 57.3 Å². The van der Waals surface area contributed by atoms with Crippen LogP contribution in [0.1, 0.15) is 70.8 Å². The number of amides is 1. The summed E-state index contributed by atoms with van der Waals surface area (Å²) in [5.41, 5.74) is 4.33. The number of hydrogen-bond acceptors (Lipinski definition) is 5. The van der Waals surface area contributed by atoms with Crippen molar-refractivity contribution in [2.24, 2.45) is 0 Å². The van der Waals surface area contributed by atoms with Crippen LogP contribution in [0.15, 0.2) is 40.9 Å². The standard InChI is InChI=1S/C26H21Cl2N3O2S/c27-13-9-10-14(17(28)11-13)21-16(12-29)24-30-25(33)22-15-5-2-1-3-8-20(15)34-26(22)31(24)18-6-4-7-19(32)23(18)21/h9-11,21H,1-8H2,(H,30,33). The number of carbonyl (C=O) groups excluding carboxylic acids is 2. The molecule has 1 amide bonds. The SMILES string of the molecule is N#CC1=C2NC(=O)c3c(sc4c3CCCCC4)N2C2=C(C(=O)CCC2)C1c1ccc(Cl)cc1Cl. The van der Waals surface area contributed by atoms with Gasteiger partial charge in [-0.3, -0.25) is 14.5 Å². The molecule has 172 valence electrons. The number of halogens is 2. The first-order valence-corrected chi connectivity index (χ1v) is 13.2. The number of fused-ring (bicyclic) bond motifs is 6. The molecule has 0 saturated carbocycles. The van der Waals surface area contributed by atoms with Crippen molar-refractivity contribution in [1.82, 2.24) is 5.32 Å². The number of hydrogen-bond donors (Lipinski definition) is 1. The Labute approximate surface area is 211 Å². The molecule has 0 bridgehead atoms. The predicted octanol–water partition coefficient (Wildman–Crippen LogP) is 6.41. The normalized spacial score (nSPS) is 21.8. The highest BCUT2D eigenvalue weighted by Gasteiger charge is 2.46. The third kappa shape index (κ3) is 3.18. The van der Waals surface area contributed by atoms with Gasteiger partial charge in [0.2, 0.25) is 0 Å². The summed E-state index contributed by atoms with van der Waals surface area (Å²) >= 11 is 14.4. The number of carbonyl (C=O) groups is 2. The molecular formula is C26H21Cl2N3O2S. The Hall–Kier alpha value is -2.59. The second-order valence-corrected chi connectivity index (χ2v) is 11.1. The summed E-state index contributed by atoms with van der Waals surface area (Å²) in [5.74, 6) is -0.314. The molecule has 2 aliphatic heterocycles. The smallest absolute Gasteiger partial charge is 0.260 e. The van der Waals surface area contributed by atoms with Crippen molar-refractivity contribution in [3.05, 3.63) is 72.5 Å². The van der Waals surface area contributed by atoms with E-state index in [9.17, 15) is 14.9 Å². The van der Waals surface area contributed by atoms with Crippen LogP contribution in [0.2, 0.25) is 10.0 Å². The minimum Gasteiger partial charge on any atom is -0.307 e. The number of benzene rings is 1. The van der Waals surface area contributed by atoms with Crippen molar-refractivity contribution in [1.29, 1.82) is 5.26 Å². The fourth-order valence-electron chi connectivity index (χ4n) is 5.74.